The number of carbonyl (C=O) groups excluding carboxylic acids is 3. The van der Waals surface area contributed by atoms with Crippen LogP contribution in [0.3, 0.4) is 0 Å². The van der Waals surface area contributed by atoms with Gasteiger partial charge in [-0.15, -0.1) is 11.3 Å². The summed E-state index contributed by atoms with van der Waals surface area (Å²) in [5.41, 5.74) is 1.02. The molecule has 6 nitrogen and oxygen atoms in total. The van der Waals surface area contributed by atoms with E-state index in [1.54, 1.807) is 20.3 Å². The highest BCUT2D eigenvalue weighted by molar-refractivity contribution is 7.14. The highest BCUT2D eigenvalue weighted by atomic mass is 32.1. The Kier molecular flexibility index (Phi) is 8.86. The summed E-state index contributed by atoms with van der Waals surface area (Å²) in [6.45, 7) is 2.41. The number of carbonyl (C=O) groups is 3. The van der Waals surface area contributed by atoms with Crippen molar-refractivity contribution in [2.75, 3.05) is 20.8 Å². The Morgan fingerprint density at radius 2 is 1.66 bits per heavy atom. The third-order valence-corrected chi connectivity index (χ3v) is 5.50. The minimum absolute atomic E-state index is 0.0178. The van der Waals surface area contributed by atoms with Crippen LogP contribution in [0.2, 0.25) is 0 Å². The third kappa shape index (κ3) is 7.34. The second-order valence-electron chi connectivity index (χ2n) is 6.66. The first kappa shape index (κ1) is 22.6. The number of aryl methyl sites for hydroxylation is 1. The van der Waals surface area contributed by atoms with Gasteiger partial charge in [0.1, 0.15) is 5.78 Å². The predicted octanol–water partition coefficient (Wildman–Crippen LogP) is 3.74. The maximum Gasteiger partial charge on any atom is 0.220 e. The summed E-state index contributed by atoms with van der Waals surface area (Å²) in [7, 11) is 3.16. The fourth-order valence-corrected chi connectivity index (χ4v) is 3.64. The van der Waals surface area contributed by atoms with Gasteiger partial charge in [0.25, 0.3) is 0 Å². The van der Waals surface area contributed by atoms with Crippen LogP contribution < -0.4 is 14.8 Å². The van der Waals surface area contributed by atoms with Crippen LogP contribution in [0.4, 0.5) is 0 Å². The summed E-state index contributed by atoms with van der Waals surface area (Å²) >= 11 is 1.44. The van der Waals surface area contributed by atoms with Crippen LogP contribution in [-0.4, -0.2) is 38.2 Å². The van der Waals surface area contributed by atoms with Gasteiger partial charge in [0.15, 0.2) is 17.3 Å². The Bertz CT molecular complexity index is 859. The van der Waals surface area contributed by atoms with Gasteiger partial charge in [-0.1, -0.05) is 6.07 Å². The van der Waals surface area contributed by atoms with Crippen molar-refractivity contribution in [3.05, 3.63) is 45.6 Å². The number of thiophene rings is 1. The molecule has 2 rings (SSSR count). The lowest BCUT2D eigenvalue weighted by atomic mass is 10.1. The van der Waals surface area contributed by atoms with Gasteiger partial charge in [-0.05, 0) is 43.2 Å². The van der Waals surface area contributed by atoms with E-state index in [-0.39, 0.29) is 43.2 Å². The largest absolute Gasteiger partial charge is 0.493 e. The van der Waals surface area contributed by atoms with E-state index >= 15 is 0 Å². The molecule has 0 saturated heterocycles. The molecule has 7 heteroatoms. The number of ketones is 2. The molecule has 0 saturated carbocycles. The molecule has 0 fully saturated rings. The second-order valence-corrected chi connectivity index (χ2v) is 7.95. The molecule has 1 amide bonds. The van der Waals surface area contributed by atoms with E-state index in [2.05, 4.69) is 5.32 Å². The lowest BCUT2D eigenvalue weighted by Crippen LogP contribution is -2.26. The quantitative estimate of drug-likeness (QED) is 0.532. The Balaban J connectivity index is 1.65. The average molecular weight is 418 g/mol. The third-order valence-electron chi connectivity index (χ3n) is 4.46. The first-order valence-corrected chi connectivity index (χ1v) is 10.3. The molecule has 29 heavy (non-hydrogen) atoms. The van der Waals surface area contributed by atoms with Crippen molar-refractivity contribution in [1.29, 1.82) is 0 Å². The van der Waals surface area contributed by atoms with Crippen molar-refractivity contribution in [1.82, 2.24) is 5.32 Å². The number of hydrogen-bond acceptors (Lipinski definition) is 6. The minimum atomic E-state index is -0.168. The molecule has 0 aliphatic rings. The monoisotopic (exact) mass is 417 g/mol. The molecular formula is C22H27NO5S. The Labute approximate surface area is 175 Å². The van der Waals surface area contributed by atoms with E-state index < -0.39 is 0 Å². The molecule has 1 aromatic heterocycles. The van der Waals surface area contributed by atoms with E-state index in [1.807, 2.05) is 31.2 Å². The zero-order chi connectivity index (χ0) is 21.2. The van der Waals surface area contributed by atoms with Gasteiger partial charge in [0.05, 0.1) is 19.1 Å². The predicted molar refractivity (Wildman–Crippen MR) is 113 cm³/mol. The molecule has 0 aliphatic heterocycles. The van der Waals surface area contributed by atoms with Crippen molar-refractivity contribution >= 4 is 28.8 Å². The Morgan fingerprint density at radius 3 is 2.31 bits per heavy atom. The summed E-state index contributed by atoms with van der Waals surface area (Å²) < 4.78 is 10.5. The topological polar surface area (TPSA) is 81.7 Å². The summed E-state index contributed by atoms with van der Waals surface area (Å²) in [4.78, 5) is 37.7. The van der Waals surface area contributed by atoms with Gasteiger partial charge in [-0.2, -0.15) is 0 Å². The number of rotatable bonds is 12. The molecule has 156 valence electrons. The standard InChI is InChI=1S/C22H27NO5S/c1-15-4-10-21(29-15)18(25)8-6-17(24)7-11-22(26)23-13-12-16-5-9-19(27-2)20(14-16)28-3/h4-5,9-10,14H,6-8,11-13H2,1-3H3,(H,23,26). The molecule has 0 atom stereocenters. The van der Waals surface area contributed by atoms with Gasteiger partial charge < -0.3 is 14.8 Å². The van der Waals surface area contributed by atoms with Crippen LogP contribution in [0.25, 0.3) is 0 Å². The number of amides is 1. The fraction of sp³-hybridized carbons (Fsp3) is 0.409. The Hall–Kier alpha value is -2.67. The highest BCUT2D eigenvalue weighted by Crippen LogP contribution is 2.27. The maximum atomic E-state index is 12.0. The lowest BCUT2D eigenvalue weighted by molar-refractivity contribution is -0.125. The normalized spacial score (nSPS) is 10.4. The van der Waals surface area contributed by atoms with Crippen molar-refractivity contribution in [2.45, 2.75) is 39.0 Å². The fourth-order valence-electron chi connectivity index (χ4n) is 2.81. The van der Waals surface area contributed by atoms with E-state index in [0.717, 1.165) is 10.4 Å². The van der Waals surface area contributed by atoms with Crippen LogP contribution >= 0.6 is 11.3 Å². The molecule has 0 spiro atoms. The van der Waals surface area contributed by atoms with Crippen molar-refractivity contribution < 1.29 is 23.9 Å². The molecule has 1 N–H and O–H groups in total. The maximum absolute atomic E-state index is 12.0. The molecular weight excluding hydrogens is 390 g/mol. The van der Waals surface area contributed by atoms with Crippen LogP contribution in [0.15, 0.2) is 30.3 Å². The van der Waals surface area contributed by atoms with Gasteiger partial charge in [-0.25, -0.2) is 0 Å². The van der Waals surface area contributed by atoms with Gasteiger partial charge in [0.2, 0.25) is 5.91 Å². The van der Waals surface area contributed by atoms with E-state index in [9.17, 15) is 14.4 Å². The van der Waals surface area contributed by atoms with Crippen LogP contribution in [-0.2, 0) is 16.0 Å². The number of hydrogen-bond donors (Lipinski definition) is 1. The summed E-state index contributed by atoms with van der Waals surface area (Å²) in [6, 6.07) is 9.31. The second kappa shape index (κ2) is 11.4. The number of ether oxygens (including phenoxy) is 2. The molecule has 0 aliphatic carbocycles. The van der Waals surface area contributed by atoms with Gasteiger partial charge in [0, 0.05) is 37.1 Å². The average Bonchev–Trinajstić information content (AvgIpc) is 3.16. The van der Waals surface area contributed by atoms with Crippen molar-refractivity contribution in [2.24, 2.45) is 0 Å². The highest BCUT2D eigenvalue weighted by Gasteiger charge is 2.12. The molecule has 0 unspecified atom stereocenters. The SMILES string of the molecule is COc1ccc(CCNC(=O)CCC(=O)CCC(=O)c2ccc(C)s2)cc1OC. The molecule has 1 heterocycles. The summed E-state index contributed by atoms with van der Waals surface area (Å²) in [5, 5.41) is 2.82. The molecule has 1 aromatic carbocycles. The number of benzene rings is 1. The minimum Gasteiger partial charge on any atom is -0.493 e. The van der Waals surface area contributed by atoms with Crippen LogP contribution in [0, 0.1) is 6.92 Å². The Morgan fingerprint density at radius 1 is 0.931 bits per heavy atom. The first-order chi connectivity index (χ1) is 13.9. The van der Waals surface area contributed by atoms with Crippen molar-refractivity contribution in [3.63, 3.8) is 0 Å². The summed E-state index contributed by atoms with van der Waals surface area (Å²) in [5.74, 6) is 1.05. The smallest absolute Gasteiger partial charge is 0.220 e. The van der Waals surface area contributed by atoms with Crippen LogP contribution in [0.5, 0.6) is 11.5 Å². The lowest BCUT2D eigenvalue weighted by Gasteiger charge is -2.10. The molecule has 2 aromatic rings. The van der Waals surface area contributed by atoms with Gasteiger partial charge in [-0.3, -0.25) is 14.4 Å². The van der Waals surface area contributed by atoms with Crippen LogP contribution in [0.1, 0.15) is 45.8 Å². The van der Waals surface area contributed by atoms with Crippen molar-refractivity contribution in [3.8, 4) is 11.5 Å². The number of nitrogens with one attached hydrogen (secondary N) is 1. The molecule has 0 bridgehead atoms. The number of methoxy groups -OCH3 is 2. The van der Waals surface area contributed by atoms with Gasteiger partial charge >= 0.3 is 0 Å². The molecule has 0 radical (unpaired) electrons. The zero-order valence-corrected chi connectivity index (χ0v) is 17.9. The summed E-state index contributed by atoms with van der Waals surface area (Å²) in [6.07, 6.45) is 1.30. The first-order valence-electron chi connectivity index (χ1n) is 9.52. The van der Waals surface area contributed by atoms with E-state index in [0.29, 0.717) is 29.3 Å². The van der Waals surface area contributed by atoms with E-state index in [4.69, 9.17) is 9.47 Å². The number of Topliss-reactive ketones (excluding diaryl/α,β-unsaturated/α-hetero) is 2. The zero-order valence-electron chi connectivity index (χ0n) is 17.1. The van der Waals surface area contributed by atoms with E-state index in [1.165, 1.54) is 11.3 Å².